The lowest BCUT2D eigenvalue weighted by molar-refractivity contribution is -0.139. The van der Waals surface area contributed by atoms with Crippen molar-refractivity contribution in [1.82, 2.24) is 29.6 Å². The van der Waals surface area contributed by atoms with E-state index in [1.165, 1.54) is 48.8 Å². The highest BCUT2D eigenvalue weighted by Gasteiger charge is 2.36. The van der Waals surface area contributed by atoms with Crippen LogP contribution >= 0.6 is 0 Å². The number of nitrogens with zero attached hydrogens (tertiary/aromatic N) is 6. The first-order valence-electron chi connectivity index (χ1n) is 23.2. The van der Waals surface area contributed by atoms with Gasteiger partial charge in [-0.1, -0.05) is 60.7 Å². The Labute approximate surface area is 412 Å². The van der Waals surface area contributed by atoms with Crippen LogP contribution in [0.3, 0.4) is 0 Å². The fourth-order valence-electron chi connectivity index (χ4n) is 8.92. The number of ether oxygens (including phenoxy) is 2. The molecule has 4 heterocycles. The summed E-state index contributed by atoms with van der Waals surface area (Å²) in [6.45, 7) is 6.73. The van der Waals surface area contributed by atoms with Gasteiger partial charge in [0.15, 0.2) is 28.9 Å². The number of pyridine rings is 2. The molecular formula is C53H52F6N8O5. The number of hydrogen-bond acceptors (Lipinski definition) is 11. The maximum Gasteiger partial charge on any atom is 0.416 e. The number of ketones is 1. The Hall–Kier alpha value is -7.51. The SMILES string of the molecule is CC(C(=O)C(C)N1CCN(C(=O)c2ccc(-c3cnc(N)c(OCc4ccccc4C(F)(F)F)c3)cc2)CC1)N1CCN(C(=O)c2ccc(-c3cnc(N)c(OCc4ccccc4C(F)(F)F)c3)cc2)CC1. The van der Waals surface area contributed by atoms with Crippen molar-refractivity contribution in [2.24, 2.45) is 0 Å². The van der Waals surface area contributed by atoms with Crippen molar-refractivity contribution in [3.63, 3.8) is 0 Å². The number of rotatable bonds is 14. The second-order valence-corrected chi connectivity index (χ2v) is 17.7. The van der Waals surface area contributed by atoms with Crippen LogP contribution in [0.5, 0.6) is 11.5 Å². The van der Waals surface area contributed by atoms with Gasteiger partial charge in [0.1, 0.15) is 13.2 Å². The molecule has 72 heavy (non-hydrogen) atoms. The van der Waals surface area contributed by atoms with E-state index in [4.69, 9.17) is 20.9 Å². The van der Waals surface area contributed by atoms with Crippen molar-refractivity contribution in [3.05, 3.63) is 155 Å². The van der Waals surface area contributed by atoms with Gasteiger partial charge in [0.25, 0.3) is 11.8 Å². The zero-order valence-corrected chi connectivity index (χ0v) is 39.4. The molecule has 2 atom stereocenters. The van der Waals surface area contributed by atoms with Gasteiger partial charge in [-0.05, 0) is 73.5 Å². The number of carbonyl (C=O) groups excluding carboxylic acids is 3. The summed E-state index contributed by atoms with van der Waals surface area (Å²) < 4.78 is 92.4. The minimum Gasteiger partial charge on any atom is -0.485 e. The van der Waals surface area contributed by atoms with Crippen molar-refractivity contribution in [2.75, 3.05) is 63.8 Å². The molecule has 13 nitrogen and oxygen atoms in total. The number of aromatic nitrogens is 2. The Morgan fingerprint density at radius 1 is 0.528 bits per heavy atom. The molecule has 0 spiro atoms. The molecule has 2 amide bonds. The van der Waals surface area contributed by atoms with Crippen LogP contribution in [0.1, 0.15) is 56.8 Å². The first kappa shape index (κ1) is 50.9. The zero-order valence-electron chi connectivity index (χ0n) is 39.4. The smallest absolute Gasteiger partial charge is 0.416 e. The van der Waals surface area contributed by atoms with Gasteiger partial charge >= 0.3 is 12.4 Å². The summed E-state index contributed by atoms with van der Waals surface area (Å²) in [6.07, 6.45) is -6.04. The lowest BCUT2D eigenvalue weighted by Gasteiger charge is -2.41. The van der Waals surface area contributed by atoms with E-state index < -0.39 is 35.6 Å². The summed E-state index contributed by atoms with van der Waals surface area (Å²) in [5.41, 5.74) is 13.9. The van der Waals surface area contributed by atoms with Gasteiger partial charge in [0, 0.05) is 98.1 Å². The molecule has 4 aromatic carbocycles. The number of hydrogen-bond donors (Lipinski definition) is 2. The molecule has 2 aliphatic rings. The van der Waals surface area contributed by atoms with Crippen molar-refractivity contribution in [2.45, 2.75) is 51.5 Å². The maximum atomic E-state index is 13.8. The number of carbonyl (C=O) groups is 3. The van der Waals surface area contributed by atoms with E-state index in [9.17, 15) is 40.7 Å². The Kier molecular flexibility index (Phi) is 15.2. The average molecular weight is 995 g/mol. The average Bonchev–Trinajstić information content (AvgIpc) is 3.39. The maximum absolute atomic E-state index is 13.8. The van der Waals surface area contributed by atoms with E-state index in [2.05, 4.69) is 19.8 Å². The first-order valence-corrected chi connectivity index (χ1v) is 23.2. The standard InChI is InChI=1S/C53H52F6N8O5/c1-33(64-19-23-66(24-20-64)50(69)37-15-11-35(12-16-37)41-27-45(48(60)62-29-41)71-31-39-7-3-5-9-43(39)52(54,55)56)47(68)34(2)65-21-25-67(26-22-65)51(70)38-17-13-36(14-18-38)42-28-46(49(61)63-30-42)72-32-40-8-4-6-10-44(40)53(57,58)59/h3-18,27-30,33-34H,19-26,31-32H2,1-2H3,(H2,60,62)(H2,61,63). The van der Waals surface area contributed by atoms with Crippen molar-refractivity contribution in [1.29, 1.82) is 0 Å². The van der Waals surface area contributed by atoms with E-state index >= 15 is 0 Å². The van der Waals surface area contributed by atoms with E-state index in [1.807, 2.05) is 13.8 Å². The summed E-state index contributed by atoms with van der Waals surface area (Å²) in [7, 11) is 0. The number of amides is 2. The van der Waals surface area contributed by atoms with Crippen LogP contribution in [-0.2, 0) is 30.4 Å². The highest BCUT2D eigenvalue weighted by molar-refractivity contribution is 5.96. The molecule has 2 aliphatic heterocycles. The van der Waals surface area contributed by atoms with E-state index in [0.717, 1.165) is 12.1 Å². The van der Waals surface area contributed by atoms with Crippen LogP contribution in [0.4, 0.5) is 38.0 Å². The molecule has 4 N–H and O–H groups in total. The fourth-order valence-corrected chi connectivity index (χ4v) is 8.92. The van der Waals surface area contributed by atoms with Crippen LogP contribution in [0.15, 0.2) is 122 Å². The molecule has 2 aromatic heterocycles. The molecule has 0 saturated carbocycles. The Balaban J connectivity index is 0.789. The summed E-state index contributed by atoms with van der Waals surface area (Å²) in [5.74, 6) is 0.0271. The van der Waals surface area contributed by atoms with Gasteiger partial charge in [0.2, 0.25) is 0 Å². The van der Waals surface area contributed by atoms with E-state index in [-0.39, 0.29) is 65.1 Å². The van der Waals surface area contributed by atoms with Gasteiger partial charge in [-0.15, -0.1) is 0 Å². The van der Waals surface area contributed by atoms with Crippen LogP contribution in [0.2, 0.25) is 0 Å². The van der Waals surface area contributed by atoms with Crippen molar-refractivity contribution in [3.8, 4) is 33.8 Å². The van der Waals surface area contributed by atoms with Crippen LogP contribution < -0.4 is 20.9 Å². The van der Waals surface area contributed by atoms with E-state index in [1.54, 1.807) is 70.5 Å². The third-order valence-corrected chi connectivity index (χ3v) is 13.2. The van der Waals surface area contributed by atoms with Crippen molar-refractivity contribution >= 4 is 29.2 Å². The number of anilines is 2. The van der Waals surface area contributed by atoms with Gasteiger partial charge < -0.3 is 30.7 Å². The number of benzene rings is 4. The summed E-state index contributed by atoms with van der Waals surface area (Å²) >= 11 is 0. The highest BCUT2D eigenvalue weighted by atomic mass is 19.4. The third kappa shape index (κ3) is 11.6. The summed E-state index contributed by atoms with van der Waals surface area (Å²) in [6, 6.07) is 26.5. The summed E-state index contributed by atoms with van der Waals surface area (Å²) in [4.78, 5) is 57.0. The fraction of sp³-hybridized carbons (Fsp3) is 0.302. The van der Waals surface area contributed by atoms with Gasteiger partial charge in [-0.25, -0.2) is 9.97 Å². The quantitative estimate of drug-likeness (QED) is 0.101. The first-order chi connectivity index (χ1) is 34.3. The molecule has 0 bridgehead atoms. The van der Waals surface area contributed by atoms with Gasteiger partial charge in [-0.3, -0.25) is 24.2 Å². The minimum atomic E-state index is -4.54. The number of nitrogens with two attached hydrogens (primary N) is 2. The molecule has 19 heteroatoms. The second-order valence-electron chi connectivity index (χ2n) is 17.7. The van der Waals surface area contributed by atoms with Gasteiger partial charge in [0.05, 0.1) is 23.2 Å². The molecule has 8 rings (SSSR count). The Morgan fingerprint density at radius 3 is 1.22 bits per heavy atom. The predicted molar refractivity (Wildman–Crippen MR) is 259 cm³/mol. The molecule has 2 saturated heterocycles. The molecule has 2 unspecified atom stereocenters. The van der Waals surface area contributed by atoms with Crippen molar-refractivity contribution < 1.29 is 50.2 Å². The number of Topliss-reactive ketones (excluding diaryl/α,β-unsaturated/α-hetero) is 1. The molecule has 376 valence electrons. The number of halogens is 6. The number of alkyl halides is 6. The Bertz CT molecular complexity index is 2710. The normalized spacial score (nSPS) is 15.7. The number of piperazine rings is 2. The topological polar surface area (TPSA) is 160 Å². The minimum absolute atomic E-state index is 0.0221. The third-order valence-electron chi connectivity index (χ3n) is 13.2. The zero-order chi connectivity index (χ0) is 51.3. The summed E-state index contributed by atoms with van der Waals surface area (Å²) in [5, 5.41) is 0. The van der Waals surface area contributed by atoms with Crippen LogP contribution in [0, 0.1) is 0 Å². The molecule has 0 aliphatic carbocycles. The lowest BCUT2D eigenvalue weighted by Crippen LogP contribution is -2.58. The molecule has 0 radical (unpaired) electrons. The van der Waals surface area contributed by atoms with Crippen LogP contribution in [0.25, 0.3) is 22.3 Å². The number of nitrogen functional groups attached to an aromatic ring is 2. The van der Waals surface area contributed by atoms with Crippen LogP contribution in [-0.4, -0.2) is 112 Å². The van der Waals surface area contributed by atoms with Gasteiger partial charge in [-0.2, -0.15) is 26.3 Å². The Morgan fingerprint density at radius 2 is 0.875 bits per heavy atom. The van der Waals surface area contributed by atoms with E-state index in [0.29, 0.717) is 85.7 Å². The molecular weight excluding hydrogens is 943 g/mol. The molecule has 6 aromatic rings. The largest absolute Gasteiger partial charge is 0.485 e. The predicted octanol–water partition coefficient (Wildman–Crippen LogP) is 8.73. The monoisotopic (exact) mass is 994 g/mol. The lowest BCUT2D eigenvalue weighted by atomic mass is 10.0. The second kappa shape index (κ2) is 21.5. The molecule has 2 fully saturated rings. The highest BCUT2D eigenvalue weighted by Crippen LogP contribution is 2.36.